The van der Waals surface area contributed by atoms with Gasteiger partial charge >= 0.3 is 0 Å². The third-order valence-corrected chi connectivity index (χ3v) is 3.64. The largest absolute Gasteiger partial charge is 0.320 e. The van der Waals surface area contributed by atoms with Gasteiger partial charge in [-0.05, 0) is 43.2 Å². The van der Waals surface area contributed by atoms with Crippen LogP contribution in [0, 0.1) is 5.82 Å². The van der Waals surface area contributed by atoms with E-state index in [0.29, 0.717) is 11.3 Å². The maximum absolute atomic E-state index is 13.6. The summed E-state index contributed by atoms with van der Waals surface area (Å²) in [5, 5.41) is 2.67. The molecule has 3 rings (SSSR count). The number of hydrogen-bond donors (Lipinski definition) is 1. The Morgan fingerprint density at radius 3 is 2.70 bits per heavy atom. The monoisotopic (exact) mass is 313 g/mol. The summed E-state index contributed by atoms with van der Waals surface area (Å²) in [6, 6.07) is 7.41. The summed E-state index contributed by atoms with van der Waals surface area (Å²) in [6.07, 6.45) is 4.81. The number of benzene rings is 1. The minimum Gasteiger partial charge on any atom is -0.320 e. The predicted octanol–water partition coefficient (Wildman–Crippen LogP) is 2.99. The highest BCUT2D eigenvalue weighted by Gasteiger charge is 2.33. The highest BCUT2D eigenvalue weighted by atomic mass is 19.1. The lowest BCUT2D eigenvalue weighted by Crippen LogP contribution is -2.31. The van der Waals surface area contributed by atoms with Crippen molar-refractivity contribution in [3.8, 4) is 0 Å². The molecule has 0 bridgehead atoms. The number of carbonyl (C=O) groups excluding carboxylic acids is 2. The molecule has 0 aliphatic heterocycles. The Hall–Kier alpha value is -2.76. The van der Waals surface area contributed by atoms with Crippen LogP contribution in [0.5, 0.6) is 0 Å². The van der Waals surface area contributed by atoms with E-state index < -0.39 is 11.7 Å². The average Bonchev–Trinajstić information content (AvgIpc) is 3.35. The van der Waals surface area contributed by atoms with Crippen LogP contribution in [0.3, 0.4) is 0 Å². The molecule has 0 atom stereocenters. The van der Waals surface area contributed by atoms with E-state index in [1.807, 2.05) is 0 Å². The highest BCUT2D eigenvalue weighted by molar-refractivity contribution is 6.07. The van der Waals surface area contributed by atoms with Gasteiger partial charge in [-0.1, -0.05) is 0 Å². The second kappa shape index (κ2) is 6.16. The summed E-state index contributed by atoms with van der Waals surface area (Å²) in [5.41, 5.74) is 1.16. The molecular weight excluding hydrogens is 297 g/mol. The number of pyridine rings is 1. The molecule has 6 heteroatoms. The summed E-state index contributed by atoms with van der Waals surface area (Å²) >= 11 is 0. The first-order chi connectivity index (χ1) is 11.1. The molecule has 1 saturated carbocycles. The van der Waals surface area contributed by atoms with Crippen LogP contribution in [0.4, 0.5) is 15.8 Å². The molecule has 5 nitrogen and oxygen atoms in total. The van der Waals surface area contributed by atoms with Crippen LogP contribution in [0.1, 0.15) is 30.1 Å². The van der Waals surface area contributed by atoms with Crippen molar-refractivity contribution in [2.45, 2.75) is 25.8 Å². The highest BCUT2D eigenvalue weighted by Crippen LogP contribution is 2.36. The van der Waals surface area contributed by atoms with E-state index >= 15 is 0 Å². The Morgan fingerprint density at radius 1 is 1.30 bits per heavy atom. The molecular formula is C17H16FN3O2. The summed E-state index contributed by atoms with van der Waals surface area (Å²) in [7, 11) is 0. The number of anilines is 2. The SMILES string of the molecule is CC(=O)N(c1ccc(F)cc1NC(=O)c1cccnc1)C1CC1. The summed E-state index contributed by atoms with van der Waals surface area (Å²) in [5.74, 6) is -1.00. The van der Waals surface area contributed by atoms with Crippen molar-refractivity contribution in [3.05, 3.63) is 54.1 Å². The third-order valence-electron chi connectivity index (χ3n) is 3.64. The van der Waals surface area contributed by atoms with Crippen LogP contribution < -0.4 is 10.2 Å². The molecule has 1 N–H and O–H groups in total. The smallest absolute Gasteiger partial charge is 0.257 e. The molecule has 2 amide bonds. The lowest BCUT2D eigenvalue weighted by Gasteiger charge is -2.24. The third kappa shape index (κ3) is 3.36. The zero-order chi connectivity index (χ0) is 16.4. The fraction of sp³-hybridized carbons (Fsp3) is 0.235. The van der Waals surface area contributed by atoms with Gasteiger partial charge in [0.15, 0.2) is 0 Å². The Labute approximate surface area is 133 Å². The first kappa shape index (κ1) is 15.1. The zero-order valence-corrected chi connectivity index (χ0v) is 12.6. The van der Waals surface area contributed by atoms with E-state index in [1.165, 1.54) is 31.3 Å². The summed E-state index contributed by atoms with van der Waals surface area (Å²) in [6.45, 7) is 1.47. The second-order valence-corrected chi connectivity index (χ2v) is 5.48. The van der Waals surface area contributed by atoms with Gasteiger partial charge in [-0.25, -0.2) is 4.39 Å². The lowest BCUT2D eigenvalue weighted by molar-refractivity contribution is -0.116. The van der Waals surface area contributed by atoms with Gasteiger partial charge in [0.05, 0.1) is 16.9 Å². The van der Waals surface area contributed by atoms with Crippen molar-refractivity contribution in [1.82, 2.24) is 4.98 Å². The molecule has 1 heterocycles. The molecule has 1 aromatic carbocycles. The van der Waals surface area contributed by atoms with Crippen LogP contribution in [-0.2, 0) is 4.79 Å². The van der Waals surface area contributed by atoms with Crippen LogP contribution in [0.2, 0.25) is 0 Å². The van der Waals surface area contributed by atoms with Gasteiger partial charge in [0.25, 0.3) is 5.91 Å². The van der Waals surface area contributed by atoms with E-state index in [-0.39, 0.29) is 17.6 Å². The number of nitrogens with zero attached hydrogens (tertiary/aromatic N) is 2. The van der Waals surface area contributed by atoms with E-state index in [0.717, 1.165) is 12.8 Å². The number of hydrogen-bond acceptors (Lipinski definition) is 3. The minimum atomic E-state index is -0.477. The molecule has 0 saturated heterocycles. The van der Waals surface area contributed by atoms with Gasteiger partial charge in [-0.3, -0.25) is 14.6 Å². The number of halogens is 1. The first-order valence-corrected chi connectivity index (χ1v) is 7.37. The van der Waals surface area contributed by atoms with E-state index in [1.54, 1.807) is 23.2 Å². The number of amides is 2. The van der Waals surface area contributed by atoms with Crippen molar-refractivity contribution in [2.24, 2.45) is 0 Å². The summed E-state index contributed by atoms with van der Waals surface area (Å²) in [4.78, 5) is 29.7. The van der Waals surface area contributed by atoms with Crippen LogP contribution in [-0.4, -0.2) is 22.8 Å². The molecule has 0 unspecified atom stereocenters. The minimum absolute atomic E-state index is 0.118. The molecule has 0 radical (unpaired) electrons. The molecule has 1 aromatic heterocycles. The number of carbonyl (C=O) groups is 2. The van der Waals surface area contributed by atoms with Crippen LogP contribution >= 0.6 is 0 Å². The first-order valence-electron chi connectivity index (χ1n) is 7.37. The van der Waals surface area contributed by atoms with Gasteiger partial charge in [0.2, 0.25) is 5.91 Å². The van der Waals surface area contributed by atoms with E-state index in [9.17, 15) is 14.0 Å². The quantitative estimate of drug-likeness (QED) is 0.944. The average molecular weight is 313 g/mol. The standard InChI is InChI=1S/C17H16FN3O2/c1-11(22)21(14-5-6-14)16-7-4-13(18)9-15(16)20-17(23)12-3-2-8-19-10-12/h2-4,7-10,14H,5-6H2,1H3,(H,20,23). The predicted molar refractivity (Wildman–Crippen MR) is 84.8 cm³/mol. The Balaban J connectivity index is 1.93. The van der Waals surface area contributed by atoms with E-state index in [2.05, 4.69) is 10.3 Å². The second-order valence-electron chi connectivity index (χ2n) is 5.48. The Kier molecular flexibility index (Phi) is 4.06. The summed E-state index contributed by atoms with van der Waals surface area (Å²) < 4.78 is 13.6. The van der Waals surface area contributed by atoms with Crippen molar-refractivity contribution in [3.63, 3.8) is 0 Å². The Morgan fingerprint density at radius 2 is 2.09 bits per heavy atom. The molecule has 118 valence electrons. The zero-order valence-electron chi connectivity index (χ0n) is 12.6. The number of aromatic nitrogens is 1. The van der Waals surface area contributed by atoms with Crippen LogP contribution in [0.15, 0.2) is 42.7 Å². The number of rotatable bonds is 4. The molecule has 1 aliphatic carbocycles. The van der Waals surface area contributed by atoms with Gasteiger partial charge in [-0.15, -0.1) is 0 Å². The molecule has 1 fully saturated rings. The van der Waals surface area contributed by atoms with Gasteiger partial charge < -0.3 is 10.2 Å². The van der Waals surface area contributed by atoms with Crippen LogP contribution in [0.25, 0.3) is 0 Å². The molecule has 0 spiro atoms. The topological polar surface area (TPSA) is 62.3 Å². The normalized spacial score (nSPS) is 13.5. The van der Waals surface area contributed by atoms with E-state index in [4.69, 9.17) is 0 Å². The van der Waals surface area contributed by atoms with Crippen molar-refractivity contribution in [2.75, 3.05) is 10.2 Å². The fourth-order valence-corrected chi connectivity index (χ4v) is 2.47. The fourth-order valence-electron chi connectivity index (χ4n) is 2.47. The molecule has 2 aromatic rings. The van der Waals surface area contributed by atoms with Crippen molar-refractivity contribution in [1.29, 1.82) is 0 Å². The molecule has 23 heavy (non-hydrogen) atoms. The van der Waals surface area contributed by atoms with Gasteiger partial charge in [-0.2, -0.15) is 0 Å². The molecule has 1 aliphatic rings. The van der Waals surface area contributed by atoms with Gasteiger partial charge in [0.1, 0.15) is 5.82 Å². The lowest BCUT2D eigenvalue weighted by atomic mass is 10.2. The van der Waals surface area contributed by atoms with Crippen molar-refractivity contribution >= 4 is 23.2 Å². The van der Waals surface area contributed by atoms with Gasteiger partial charge in [0, 0.05) is 25.4 Å². The van der Waals surface area contributed by atoms with Crippen molar-refractivity contribution < 1.29 is 14.0 Å². The maximum Gasteiger partial charge on any atom is 0.257 e. The number of nitrogens with one attached hydrogen (secondary N) is 1. The Bertz CT molecular complexity index is 745. The maximum atomic E-state index is 13.6.